The van der Waals surface area contributed by atoms with Gasteiger partial charge in [0.25, 0.3) is 10.0 Å². The number of alkyl halides is 3. The molecule has 0 aliphatic carbocycles. The lowest BCUT2D eigenvalue weighted by Gasteiger charge is -2.10. The summed E-state index contributed by atoms with van der Waals surface area (Å²) in [5.41, 5.74) is -1.12. The highest BCUT2D eigenvalue weighted by Gasteiger charge is 2.30. The van der Waals surface area contributed by atoms with Crippen LogP contribution in [-0.2, 0) is 27.5 Å². The van der Waals surface area contributed by atoms with E-state index in [-0.39, 0.29) is 22.3 Å². The Labute approximate surface area is 140 Å². The molecule has 0 unspecified atom stereocenters. The number of benzene rings is 1. The molecular formula is C14H13F3N2O3S2. The number of amides is 1. The number of nitrogens with one attached hydrogen (secondary N) is 2. The molecule has 0 fully saturated rings. The summed E-state index contributed by atoms with van der Waals surface area (Å²) in [7, 11) is -4.00. The normalized spacial score (nSPS) is 12.0. The number of hydrogen-bond donors (Lipinski definition) is 2. The Kier molecular flexibility index (Phi) is 5.19. The molecule has 1 aromatic heterocycles. The van der Waals surface area contributed by atoms with Crippen molar-refractivity contribution >= 4 is 33.0 Å². The van der Waals surface area contributed by atoms with Crippen LogP contribution in [0.1, 0.15) is 17.4 Å². The fraction of sp³-hybridized carbons (Fsp3) is 0.214. The SMILES string of the molecule is CC(=O)NCc1ccc(S(=O)(=O)Nc2cccc(C(F)(F)F)c2)s1. The fourth-order valence-electron chi connectivity index (χ4n) is 1.77. The van der Waals surface area contributed by atoms with Gasteiger partial charge in [0, 0.05) is 17.5 Å². The van der Waals surface area contributed by atoms with Gasteiger partial charge in [0.15, 0.2) is 0 Å². The highest BCUT2D eigenvalue weighted by Crippen LogP contribution is 2.31. The van der Waals surface area contributed by atoms with Crippen LogP contribution in [0.25, 0.3) is 0 Å². The van der Waals surface area contributed by atoms with Crippen LogP contribution in [0, 0.1) is 0 Å². The molecule has 0 atom stereocenters. The maximum Gasteiger partial charge on any atom is 0.416 e. The number of hydrogen-bond acceptors (Lipinski definition) is 4. The minimum atomic E-state index is -4.56. The summed E-state index contributed by atoms with van der Waals surface area (Å²) >= 11 is 0.923. The summed E-state index contributed by atoms with van der Waals surface area (Å²) in [6.07, 6.45) is -4.56. The maximum absolute atomic E-state index is 12.7. The number of rotatable bonds is 5. The van der Waals surface area contributed by atoms with Gasteiger partial charge in [0.2, 0.25) is 5.91 Å². The lowest BCUT2D eigenvalue weighted by molar-refractivity contribution is -0.137. The first-order chi connectivity index (χ1) is 11.1. The molecule has 0 saturated carbocycles. The molecule has 2 rings (SSSR count). The summed E-state index contributed by atoms with van der Waals surface area (Å²) in [5, 5.41) is 2.53. The molecule has 130 valence electrons. The first-order valence-corrected chi connectivity index (χ1v) is 8.91. The standard InChI is InChI=1S/C14H13F3N2O3S2/c1-9(20)18-8-12-5-6-13(23-12)24(21,22)19-11-4-2-3-10(7-11)14(15,16)17/h2-7,19H,8H2,1H3,(H,18,20). The average molecular weight is 378 g/mol. The van der Waals surface area contributed by atoms with Gasteiger partial charge in [-0.1, -0.05) is 6.07 Å². The molecule has 0 spiro atoms. The lowest BCUT2D eigenvalue weighted by atomic mass is 10.2. The predicted molar refractivity (Wildman–Crippen MR) is 84.1 cm³/mol. The summed E-state index contributed by atoms with van der Waals surface area (Å²) < 4.78 is 64.6. The molecule has 10 heteroatoms. The van der Waals surface area contributed by atoms with E-state index < -0.39 is 21.8 Å². The zero-order valence-electron chi connectivity index (χ0n) is 12.3. The van der Waals surface area contributed by atoms with Crippen LogP contribution >= 0.6 is 11.3 Å². The van der Waals surface area contributed by atoms with Crippen molar-refractivity contribution in [1.82, 2.24) is 5.32 Å². The Hall–Kier alpha value is -2.07. The van der Waals surface area contributed by atoms with Crippen molar-refractivity contribution in [2.75, 3.05) is 4.72 Å². The predicted octanol–water partition coefficient (Wildman–Crippen LogP) is 3.20. The number of halogens is 3. The molecule has 2 N–H and O–H groups in total. The van der Waals surface area contributed by atoms with E-state index in [1.165, 1.54) is 25.1 Å². The number of sulfonamides is 1. The van der Waals surface area contributed by atoms with Crippen molar-refractivity contribution in [2.45, 2.75) is 23.9 Å². The second-order valence-electron chi connectivity index (χ2n) is 4.81. The second-order valence-corrected chi connectivity index (χ2v) is 7.89. The van der Waals surface area contributed by atoms with Crippen LogP contribution in [0.5, 0.6) is 0 Å². The molecule has 1 amide bonds. The van der Waals surface area contributed by atoms with E-state index in [9.17, 15) is 26.4 Å². The third-order valence-electron chi connectivity index (χ3n) is 2.86. The topological polar surface area (TPSA) is 75.3 Å². The van der Waals surface area contributed by atoms with E-state index in [1.54, 1.807) is 0 Å². The van der Waals surface area contributed by atoms with Crippen LogP contribution < -0.4 is 10.0 Å². The van der Waals surface area contributed by atoms with Crippen LogP contribution in [0.15, 0.2) is 40.6 Å². The molecule has 0 bridgehead atoms. The highest BCUT2D eigenvalue weighted by atomic mass is 32.2. The van der Waals surface area contributed by atoms with E-state index in [4.69, 9.17) is 0 Å². The molecule has 2 aromatic rings. The van der Waals surface area contributed by atoms with Crippen molar-refractivity contribution in [3.8, 4) is 0 Å². The van der Waals surface area contributed by atoms with Crippen LogP contribution in [0.4, 0.5) is 18.9 Å². The summed E-state index contributed by atoms with van der Waals surface area (Å²) in [5.74, 6) is -0.255. The van der Waals surface area contributed by atoms with E-state index in [1.807, 2.05) is 0 Å². The molecule has 0 aliphatic heterocycles. The smallest absolute Gasteiger partial charge is 0.351 e. The Morgan fingerprint density at radius 3 is 2.54 bits per heavy atom. The third-order valence-corrected chi connectivity index (χ3v) is 5.81. The molecule has 0 radical (unpaired) electrons. The number of thiophene rings is 1. The van der Waals surface area contributed by atoms with Gasteiger partial charge in [-0.25, -0.2) is 8.42 Å². The summed E-state index contributed by atoms with van der Waals surface area (Å²) in [6, 6.07) is 6.80. The van der Waals surface area contributed by atoms with Gasteiger partial charge in [-0.3, -0.25) is 9.52 Å². The average Bonchev–Trinajstić information content (AvgIpc) is 2.94. The van der Waals surface area contributed by atoms with Gasteiger partial charge in [-0.2, -0.15) is 13.2 Å². The van der Waals surface area contributed by atoms with Crippen molar-refractivity contribution in [2.24, 2.45) is 0 Å². The lowest BCUT2D eigenvalue weighted by Crippen LogP contribution is -2.18. The minimum absolute atomic E-state index is 0.0553. The zero-order chi connectivity index (χ0) is 18.0. The monoisotopic (exact) mass is 378 g/mol. The summed E-state index contributed by atoms with van der Waals surface area (Å²) in [6.45, 7) is 1.51. The molecule has 0 aliphatic rings. The van der Waals surface area contributed by atoms with Crippen molar-refractivity contribution < 1.29 is 26.4 Å². The number of carbonyl (C=O) groups excluding carboxylic acids is 1. The van der Waals surface area contributed by atoms with Crippen molar-refractivity contribution in [3.63, 3.8) is 0 Å². The Morgan fingerprint density at radius 1 is 1.21 bits per heavy atom. The highest BCUT2D eigenvalue weighted by molar-refractivity contribution is 7.94. The van der Waals surface area contributed by atoms with Gasteiger partial charge in [0.1, 0.15) is 4.21 Å². The first kappa shape index (κ1) is 18.3. The molecule has 1 heterocycles. The van der Waals surface area contributed by atoms with Gasteiger partial charge in [-0.05, 0) is 30.3 Å². The quantitative estimate of drug-likeness (QED) is 0.839. The van der Waals surface area contributed by atoms with Gasteiger partial charge in [-0.15, -0.1) is 11.3 Å². The van der Waals surface area contributed by atoms with E-state index in [2.05, 4.69) is 10.0 Å². The summed E-state index contributed by atoms with van der Waals surface area (Å²) in [4.78, 5) is 11.5. The zero-order valence-corrected chi connectivity index (χ0v) is 14.0. The van der Waals surface area contributed by atoms with Crippen LogP contribution in [0.2, 0.25) is 0 Å². The fourth-order valence-corrected chi connectivity index (χ4v) is 4.12. The van der Waals surface area contributed by atoms with Gasteiger partial charge >= 0.3 is 6.18 Å². The first-order valence-electron chi connectivity index (χ1n) is 6.61. The second kappa shape index (κ2) is 6.81. The molecule has 5 nitrogen and oxygen atoms in total. The number of carbonyl (C=O) groups is 1. The van der Waals surface area contributed by atoms with E-state index in [0.717, 1.165) is 29.5 Å². The molecular weight excluding hydrogens is 365 g/mol. The van der Waals surface area contributed by atoms with Gasteiger partial charge < -0.3 is 5.32 Å². The molecule has 1 aromatic carbocycles. The maximum atomic E-state index is 12.7. The van der Waals surface area contributed by atoms with E-state index >= 15 is 0 Å². The van der Waals surface area contributed by atoms with Crippen molar-refractivity contribution in [3.05, 3.63) is 46.8 Å². The largest absolute Gasteiger partial charge is 0.416 e. The Morgan fingerprint density at radius 2 is 1.92 bits per heavy atom. The Balaban J connectivity index is 2.18. The van der Waals surface area contributed by atoms with Crippen molar-refractivity contribution in [1.29, 1.82) is 0 Å². The van der Waals surface area contributed by atoms with Crippen LogP contribution in [-0.4, -0.2) is 14.3 Å². The molecule has 24 heavy (non-hydrogen) atoms. The third kappa shape index (κ3) is 4.71. The Bertz CT molecular complexity index is 845. The van der Waals surface area contributed by atoms with Gasteiger partial charge in [0.05, 0.1) is 12.1 Å². The minimum Gasteiger partial charge on any atom is -0.351 e. The molecule has 0 saturated heterocycles. The number of anilines is 1. The van der Waals surface area contributed by atoms with Crippen LogP contribution in [0.3, 0.4) is 0 Å². The van der Waals surface area contributed by atoms with E-state index in [0.29, 0.717) is 4.88 Å².